The van der Waals surface area contributed by atoms with Crippen molar-refractivity contribution in [1.29, 1.82) is 0 Å². The van der Waals surface area contributed by atoms with Crippen LogP contribution in [-0.2, 0) is 11.8 Å². The smallest absolute Gasteiger partial charge is 0.303 e. The number of aryl methyl sites for hydroxylation is 1. The molecule has 0 aliphatic carbocycles. The van der Waals surface area contributed by atoms with Crippen molar-refractivity contribution < 1.29 is 9.90 Å². The van der Waals surface area contributed by atoms with E-state index < -0.39 is 5.97 Å². The standard InChI is InChI=1S/C8H13N3O2/c1-11-6-7(5-10-11)9-4-2-3-8(12)13/h5-6,9H,2-4H2,1H3,(H,12,13). The van der Waals surface area contributed by atoms with Crippen LogP contribution in [0.4, 0.5) is 5.69 Å². The topological polar surface area (TPSA) is 67.2 Å². The maximum Gasteiger partial charge on any atom is 0.303 e. The van der Waals surface area contributed by atoms with Crippen molar-refractivity contribution in [2.75, 3.05) is 11.9 Å². The number of rotatable bonds is 5. The number of hydrogen-bond donors (Lipinski definition) is 2. The Morgan fingerprint density at radius 2 is 2.54 bits per heavy atom. The van der Waals surface area contributed by atoms with Crippen LogP contribution in [-0.4, -0.2) is 27.4 Å². The third-order valence-electron chi connectivity index (χ3n) is 1.60. The van der Waals surface area contributed by atoms with Crippen LogP contribution in [0.2, 0.25) is 0 Å². The maximum absolute atomic E-state index is 10.2. The van der Waals surface area contributed by atoms with Crippen molar-refractivity contribution in [3.05, 3.63) is 12.4 Å². The molecule has 0 aliphatic heterocycles. The zero-order valence-electron chi connectivity index (χ0n) is 7.53. The van der Waals surface area contributed by atoms with Gasteiger partial charge in [0.15, 0.2) is 0 Å². The Bertz CT molecular complexity index is 283. The lowest BCUT2D eigenvalue weighted by Crippen LogP contribution is -2.04. The molecule has 0 amide bonds. The summed E-state index contributed by atoms with van der Waals surface area (Å²) in [7, 11) is 1.84. The van der Waals surface area contributed by atoms with Gasteiger partial charge < -0.3 is 10.4 Å². The lowest BCUT2D eigenvalue weighted by molar-refractivity contribution is -0.137. The van der Waals surface area contributed by atoms with Crippen LogP contribution in [0.1, 0.15) is 12.8 Å². The highest BCUT2D eigenvalue weighted by Crippen LogP contribution is 2.03. The van der Waals surface area contributed by atoms with E-state index >= 15 is 0 Å². The molecule has 1 aromatic rings. The lowest BCUT2D eigenvalue weighted by atomic mass is 10.3. The molecule has 0 fully saturated rings. The summed E-state index contributed by atoms with van der Waals surface area (Å²) in [5, 5.41) is 15.4. The number of carboxylic acid groups (broad SMARTS) is 1. The van der Waals surface area contributed by atoms with Gasteiger partial charge in [-0.1, -0.05) is 0 Å². The Morgan fingerprint density at radius 1 is 1.77 bits per heavy atom. The summed E-state index contributed by atoms with van der Waals surface area (Å²) in [6.07, 6.45) is 4.39. The maximum atomic E-state index is 10.2. The van der Waals surface area contributed by atoms with Gasteiger partial charge in [0, 0.05) is 26.2 Å². The molecule has 0 aliphatic rings. The second-order valence-electron chi connectivity index (χ2n) is 2.83. The highest BCUT2D eigenvalue weighted by atomic mass is 16.4. The van der Waals surface area contributed by atoms with Crippen LogP contribution in [0.3, 0.4) is 0 Å². The van der Waals surface area contributed by atoms with Crippen molar-refractivity contribution in [3.8, 4) is 0 Å². The molecule has 0 saturated heterocycles. The summed E-state index contributed by atoms with van der Waals surface area (Å²) in [5.74, 6) is -0.756. The van der Waals surface area contributed by atoms with Crippen LogP contribution >= 0.6 is 0 Å². The predicted molar refractivity (Wildman–Crippen MR) is 48.6 cm³/mol. The van der Waals surface area contributed by atoms with Crippen LogP contribution in [0.5, 0.6) is 0 Å². The Kier molecular flexibility index (Phi) is 3.31. The largest absolute Gasteiger partial charge is 0.481 e. The Hall–Kier alpha value is -1.52. The minimum absolute atomic E-state index is 0.202. The van der Waals surface area contributed by atoms with Crippen LogP contribution in [0, 0.1) is 0 Å². The molecule has 0 spiro atoms. The number of nitrogens with one attached hydrogen (secondary N) is 1. The van der Waals surface area contributed by atoms with Crippen LogP contribution in [0.25, 0.3) is 0 Å². The number of aliphatic carboxylic acids is 1. The zero-order chi connectivity index (χ0) is 9.68. The van der Waals surface area contributed by atoms with Crippen molar-refractivity contribution in [3.63, 3.8) is 0 Å². The molecule has 1 aromatic heterocycles. The summed E-state index contributed by atoms with van der Waals surface area (Å²) in [5.41, 5.74) is 0.924. The van der Waals surface area contributed by atoms with E-state index in [0.717, 1.165) is 5.69 Å². The number of carboxylic acids is 1. The molecule has 0 bridgehead atoms. The second-order valence-corrected chi connectivity index (χ2v) is 2.83. The van der Waals surface area contributed by atoms with E-state index in [1.54, 1.807) is 10.9 Å². The fraction of sp³-hybridized carbons (Fsp3) is 0.500. The number of anilines is 1. The number of hydrogen-bond acceptors (Lipinski definition) is 3. The summed E-state index contributed by atoms with van der Waals surface area (Å²) in [6.45, 7) is 0.665. The predicted octanol–water partition coefficient (Wildman–Crippen LogP) is 0.697. The number of carbonyl (C=O) groups is 1. The third kappa shape index (κ3) is 3.59. The van der Waals surface area contributed by atoms with E-state index in [2.05, 4.69) is 10.4 Å². The highest BCUT2D eigenvalue weighted by Gasteiger charge is 1.97. The molecule has 72 valence electrons. The molecule has 0 unspecified atom stereocenters. The van der Waals surface area contributed by atoms with Crippen molar-refractivity contribution in [2.45, 2.75) is 12.8 Å². The summed E-state index contributed by atoms with van der Waals surface area (Å²) < 4.78 is 1.69. The van der Waals surface area contributed by atoms with Gasteiger partial charge in [0.25, 0.3) is 0 Å². The first-order valence-corrected chi connectivity index (χ1v) is 4.13. The van der Waals surface area contributed by atoms with E-state index in [-0.39, 0.29) is 6.42 Å². The third-order valence-corrected chi connectivity index (χ3v) is 1.60. The molecule has 1 heterocycles. The minimum atomic E-state index is -0.756. The first-order chi connectivity index (χ1) is 6.18. The molecule has 5 nitrogen and oxygen atoms in total. The van der Waals surface area contributed by atoms with Gasteiger partial charge in [0.05, 0.1) is 11.9 Å². The first-order valence-electron chi connectivity index (χ1n) is 4.13. The fourth-order valence-electron chi connectivity index (χ4n) is 0.985. The normalized spacial score (nSPS) is 9.92. The Balaban J connectivity index is 2.16. The molecular formula is C8H13N3O2. The molecule has 2 N–H and O–H groups in total. The molecule has 5 heteroatoms. The van der Waals surface area contributed by atoms with Crippen molar-refractivity contribution in [2.24, 2.45) is 7.05 Å². The molecule has 1 rings (SSSR count). The van der Waals surface area contributed by atoms with Crippen molar-refractivity contribution >= 4 is 11.7 Å². The summed E-state index contributed by atoms with van der Waals surface area (Å²) in [4.78, 5) is 10.2. The van der Waals surface area contributed by atoms with Gasteiger partial charge in [0.2, 0.25) is 0 Å². The van der Waals surface area contributed by atoms with E-state index in [9.17, 15) is 4.79 Å². The van der Waals surface area contributed by atoms with Gasteiger partial charge in [-0.2, -0.15) is 5.10 Å². The summed E-state index contributed by atoms with van der Waals surface area (Å²) in [6, 6.07) is 0. The second kappa shape index (κ2) is 4.49. The molecule has 13 heavy (non-hydrogen) atoms. The molecular weight excluding hydrogens is 170 g/mol. The average molecular weight is 183 g/mol. The van der Waals surface area contributed by atoms with Gasteiger partial charge in [-0.15, -0.1) is 0 Å². The average Bonchev–Trinajstić information content (AvgIpc) is 2.45. The molecule has 0 saturated carbocycles. The first kappa shape index (κ1) is 9.57. The van der Waals surface area contributed by atoms with E-state index in [4.69, 9.17) is 5.11 Å². The van der Waals surface area contributed by atoms with Gasteiger partial charge in [-0.25, -0.2) is 0 Å². The van der Waals surface area contributed by atoms with Gasteiger partial charge in [-0.05, 0) is 6.42 Å². The van der Waals surface area contributed by atoms with E-state index in [1.807, 2.05) is 13.2 Å². The molecule has 0 atom stereocenters. The number of nitrogens with zero attached hydrogens (tertiary/aromatic N) is 2. The molecule has 0 aromatic carbocycles. The van der Waals surface area contributed by atoms with E-state index in [0.29, 0.717) is 13.0 Å². The van der Waals surface area contributed by atoms with Crippen molar-refractivity contribution in [1.82, 2.24) is 9.78 Å². The number of aromatic nitrogens is 2. The fourth-order valence-corrected chi connectivity index (χ4v) is 0.985. The minimum Gasteiger partial charge on any atom is -0.481 e. The van der Waals surface area contributed by atoms with Crippen LogP contribution < -0.4 is 5.32 Å². The lowest BCUT2D eigenvalue weighted by Gasteiger charge is -2.00. The quantitative estimate of drug-likeness (QED) is 0.659. The zero-order valence-corrected chi connectivity index (χ0v) is 7.53. The van der Waals surface area contributed by atoms with Gasteiger partial charge in [0.1, 0.15) is 0 Å². The molecule has 0 radical (unpaired) electrons. The van der Waals surface area contributed by atoms with Gasteiger partial charge in [-0.3, -0.25) is 9.48 Å². The highest BCUT2D eigenvalue weighted by molar-refractivity contribution is 5.66. The Labute approximate surface area is 76.4 Å². The Morgan fingerprint density at radius 3 is 3.08 bits per heavy atom. The van der Waals surface area contributed by atoms with E-state index in [1.165, 1.54) is 0 Å². The SMILES string of the molecule is Cn1cc(NCCCC(=O)O)cn1. The van der Waals surface area contributed by atoms with Crippen LogP contribution in [0.15, 0.2) is 12.4 Å². The summed E-state index contributed by atoms with van der Waals surface area (Å²) >= 11 is 0. The monoisotopic (exact) mass is 183 g/mol. The van der Waals surface area contributed by atoms with Gasteiger partial charge >= 0.3 is 5.97 Å².